The molecule has 4 nitrogen and oxygen atoms in total. The third-order valence-electron chi connectivity index (χ3n) is 2.97. The summed E-state index contributed by atoms with van der Waals surface area (Å²) < 4.78 is 0. The lowest BCUT2D eigenvalue weighted by Crippen LogP contribution is -2.13. The standard InChI is InChI=1S/C12H16N2O2/c1-7(8-2-3-8)14-6-10(12(15)16)11(13)9-4-5-9/h6,8-9H,1-5,13H2,(H,15,16)/b11-10+,14-6-. The maximum absolute atomic E-state index is 11.0. The highest BCUT2D eigenvalue weighted by atomic mass is 16.4. The van der Waals surface area contributed by atoms with E-state index >= 15 is 0 Å². The Hall–Kier alpha value is -1.58. The van der Waals surface area contributed by atoms with E-state index in [0.29, 0.717) is 11.6 Å². The summed E-state index contributed by atoms with van der Waals surface area (Å²) in [5.41, 5.74) is 7.13. The molecule has 0 aromatic carbocycles. The minimum absolute atomic E-state index is 0.129. The second-order valence-corrected chi connectivity index (χ2v) is 4.47. The van der Waals surface area contributed by atoms with E-state index in [-0.39, 0.29) is 11.5 Å². The van der Waals surface area contributed by atoms with Crippen molar-refractivity contribution in [1.29, 1.82) is 0 Å². The quantitative estimate of drug-likeness (QED) is 0.546. The lowest BCUT2D eigenvalue weighted by Gasteiger charge is -2.02. The van der Waals surface area contributed by atoms with Crippen molar-refractivity contribution < 1.29 is 9.90 Å². The molecule has 0 saturated heterocycles. The van der Waals surface area contributed by atoms with Crippen molar-refractivity contribution in [1.82, 2.24) is 0 Å². The molecule has 0 aromatic rings. The average Bonchev–Trinajstić information content (AvgIpc) is 3.06. The topological polar surface area (TPSA) is 75.7 Å². The molecule has 2 aliphatic carbocycles. The molecule has 0 unspecified atom stereocenters. The minimum atomic E-state index is -1.00. The summed E-state index contributed by atoms with van der Waals surface area (Å²) in [4.78, 5) is 15.1. The van der Waals surface area contributed by atoms with Crippen LogP contribution in [0.3, 0.4) is 0 Å². The number of aliphatic carboxylic acids is 1. The Bertz CT molecular complexity index is 388. The van der Waals surface area contributed by atoms with Gasteiger partial charge in [-0.2, -0.15) is 0 Å². The van der Waals surface area contributed by atoms with Gasteiger partial charge in [0, 0.05) is 23.5 Å². The fraction of sp³-hybridized carbons (Fsp3) is 0.500. The third-order valence-corrected chi connectivity index (χ3v) is 2.97. The Morgan fingerprint density at radius 1 is 1.31 bits per heavy atom. The Labute approximate surface area is 94.6 Å². The molecule has 0 heterocycles. The van der Waals surface area contributed by atoms with Crippen LogP contribution >= 0.6 is 0 Å². The summed E-state index contributed by atoms with van der Waals surface area (Å²) in [6.45, 7) is 3.81. The largest absolute Gasteiger partial charge is 0.478 e. The van der Waals surface area contributed by atoms with E-state index < -0.39 is 5.97 Å². The number of hydrogen-bond donors (Lipinski definition) is 2. The predicted molar refractivity (Wildman–Crippen MR) is 61.9 cm³/mol. The summed E-state index contributed by atoms with van der Waals surface area (Å²) in [7, 11) is 0. The zero-order chi connectivity index (χ0) is 11.7. The number of carbonyl (C=O) groups is 1. The normalized spacial score (nSPS) is 22.0. The minimum Gasteiger partial charge on any atom is -0.478 e. The fourth-order valence-electron chi connectivity index (χ4n) is 1.54. The average molecular weight is 220 g/mol. The molecule has 86 valence electrons. The van der Waals surface area contributed by atoms with Gasteiger partial charge in [0.25, 0.3) is 0 Å². The second kappa shape index (κ2) is 4.12. The van der Waals surface area contributed by atoms with Crippen molar-refractivity contribution in [3.63, 3.8) is 0 Å². The molecule has 0 amide bonds. The van der Waals surface area contributed by atoms with E-state index in [9.17, 15) is 4.79 Å². The molecule has 0 aliphatic heterocycles. The molecule has 2 fully saturated rings. The third kappa shape index (κ3) is 2.51. The number of hydrogen-bond acceptors (Lipinski definition) is 3. The smallest absolute Gasteiger partial charge is 0.339 e. The lowest BCUT2D eigenvalue weighted by atomic mass is 10.1. The molecule has 2 saturated carbocycles. The van der Waals surface area contributed by atoms with Crippen molar-refractivity contribution in [2.24, 2.45) is 22.6 Å². The van der Waals surface area contributed by atoms with Crippen LogP contribution in [0.25, 0.3) is 0 Å². The van der Waals surface area contributed by atoms with Crippen LogP contribution < -0.4 is 5.73 Å². The number of carboxylic acid groups (broad SMARTS) is 1. The summed E-state index contributed by atoms with van der Waals surface area (Å²) in [5, 5.41) is 9.03. The summed E-state index contributed by atoms with van der Waals surface area (Å²) in [6, 6.07) is 0. The second-order valence-electron chi connectivity index (χ2n) is 4.47. The number of nitrogens with zero attached hydrogens (tertiary/aromatic N) is 1. The van der Waals surface area contributed by atoms with Crippen molar-refractivity contribution >= 4 is 12.2 Å². The number of rotatable bonds is 5. The summed E-state index contributed by atoms with van der Waals surface area (Å²) in [5.74, 6) is -0.308. The van der Waals surface area contributed by atoms with Crippen LogP contribution in [0.2, 0.25) is 0 Å². The highest BCUT2D eigenvalue weighted by molar-refractivity contribution is 6.09. The van der Waals surface area contributed by atoms with Crippen molar-refractivity contribution in [3.05, 3.63) is 23.5 Å². The van der Waals surface area contributed by atoms with E-state index in [0.717, 1.165) is 31.4 Å². The molecule has 3 N–H and O–H groups in total. The maximum atomic E-state index is 11.0. The molecule has 0 aromatic heterocycles. The monoisotopic (exact) mass is 220 g/mol. The van der Waals surface area contributed by atoms with Crippen molar-refractivity contribution in [2.75, 3.05) is 0 Å². The molecule has 0 spiro atoms. The number of aliphatic imine (C=N–C) groups is 1. The van der Waals surface area contributed by atoms with Gasteiger partial charge in [-0.15, -0.1) is 0 Å². The van der Waals surface area contributed by atoms with Gasteiger partial charge in [0.15, 0.2) is 0 Å². The number of carboxylic acids is 1. The fourth-order valence-corrected chi connectivity index (χ4v) is 1.54. The first-order valence-electron chi connectivity index (χ1n) is 5.55. The van der Waals surface area contributed by atoms with Gasteiger partial charge in [-0.25, -0.2) is 4.79 Å². The number of allylic oxidation sites excluding steroid dienone is 2. The van der Waals surface area contributed by atoms with Crippen LogP contribution in [-0.2, 0) is 4.79 Å². The van der Waals surface area contributed by atoms with Crippen molar-refractivity contribution in [2.45, 2.75) is 25.7 Å². The first-order chi connectivity index (χ1) is 7.59. The Morgan fingerprint density at radius 2 is 1.88 bits per heavy atom. The molecule has 0 atom stereocenters. The highest BCUT2D eigenvalue weighted by Crippen LogP contribution is 2.37. The van der Waals surface area contributed by atoms with Gasteiger partial charge in [-0.3, -0.25) is 4.99 Å². The van der Waals surface area contributed by atoms with E-state index in [1.807, 2.05) is 0 Å². The highest BCUT2D eigenvalue weighted by Gasteiger charge is 2.28. The van der Waals surface area contributed by atoms with Gasteiger partial charge in [0.05, 0.1) is 5.57 Å². The Balaban J connectivity index is 2.10. The van der Waals surface area contributed by atoms with Crippen LogP contribution in [0.4, 0.5) is 0 Å². The SMILES string of the molecule is C=C(/N=C\C(C(=O)O)=C(/N)C1CC1)C1CC1. The summed E-state index contributed by atoms with van der Waals surface area (Å²) >= 11 is 0. The van der Waals surface area contributed by atoms with Gasteiger partial charge in [-0.1, -0.05) is 6.58 Å². The van der Waals surface area contributed by atoms with E-state index in [1.54, 1.807) is 0 Å². The molecule has 0 radical (unpaired) electrons. The first-order valence-corrected chi connectivity index (χ1v) is 5.55. The zero-order valence-corrected chi connectivity index (χ0v) is 9.15. The van der Waals surface area contributed by atoms with Gasteiger partial charge >= 0.3 is 5.97 Å². The lowest BCUT2D eigenvalue weighted by molar-refractivity contribution is -0.132. The molecular formula is C12H16N2O2. The molecule has 0 bridgehead atoms. The molecule has 2 aliphatic rings. The van der Waals surface area contributed by atoms with E-state index in [2.05, 4.69) is 11.6 Å². The molecule has 4 heteroatoms. The predicted octanol–water partition coefficient (Wildman–Crippen LogP) is 1.69. The van der Waals surface area contributed by atoms with Gasteiger partial charge in [0.1, 0.15) is 0 Å². The van der Waals surface area contributed by atoms with Crippen LogP contribution in [0.1, 0.15) is 25.7 Å². The maximum Gasteiger partial charge on any atom is 0.339 e. The van der Waals surface area contributed by atoms with Crippen molar-refractivity contribution in [3.8, 4) is 0 Å². The summed E-state index contributed by atoms with van der Waals surface area (Å²) in [6.07, 6.45) is 5.55. The van der Waals surface area contributed by atoms with Gasteiger partial charge in [0.2, 0.25) is 0 Å². The van der Waals surface area contributed by atoms with E-state index in [1.165, 1.54) is 6.21 Å². The van der Waals surface area contributed by atoms with Gasteiger partial charge < -0.3 is 10.8 Å². The number of nitrogens with two attached hydrogens (primary N) is 1. The Kier molecular flexibility index (Phi) is 2.81. The van der Waals surface area contributed by atoms with Crippen LogP contribution in [0.15, 0.2) is 28.5 Å². The van der Waals surface area contributed by atoms with E-state index in [4.69, 9.17) is 10.8 Å². The van der Waals surface area contributed by atoms with Crippen LogP contribution in [0, 0.1) is 11.8 Å². The first kappa shape index (κ1) is 10.9. The Morgan fingerprint density at radius 3 is 2.31 bits per heavy atom. The molecular weight excluding hydrogens is 204 g/mol. The zero-order valence-electron chi connectivity index (χ0n) is 9.15. The van der Waals surface area contributed by atoms with Crippen LogP contribution in [0.5, 0.6) is 0 Å². The van der Waals surface area contributed by atoms with Crippen LogP contribution in [-0.4, -0.2) is 17.3 Å². The molecule has 2 rings (SSSR count). The van der Waals surface area contributed by atoms with Gasteiger partial charge in [-0.05, 0) is 31.6 Å². The molecule has 16 heavy (non-hydrogen) atoms.